The van der Waals surface area contributed by atoms with Gasteiger partial charge in [-0.15, -0.1) is 0 Å². The van der Waals surface area contributed by atoms with Crippen molar-refractivity contribution in [3.05, 3.63) is 72.9 Å². The van der Waals surface area contributed by atoms with Gasteiger partial charge in [0.15, 0.2) is 6.10 Å². The van der Waals surface area contributed by atoms with E-state index in [9.17, 15) is 19.8 Å². The summed E-state index contributed by atoms with van der Waals surface area (Å²) in [7, 11) is 0. The first kappa shape index (κ1) is 43.3. The van der Waals surface area contributed by atoms with Crippen LogP contribution in [0.5, 0.6) is 0 Å². The van der Waals surface area contributed by atoms with Gasteiger partial charge in [-0.25, -0.2) is 0 Å². The van der Waals surface area contributed by atoms with Crippen molar-refractivity contribution in [1.29, 1.82) is 0 Å². The van der Waals surface area contributed by atoms with E-state index < -0.39 is 18.2 Å². The summed E-state index contributed by atoms with van der Waals surface area (Å²) in [6.45, 7) is 3.84. The summed E-state index contributed by atoms with van der Waals surface area (Å²) in [5, 5.41) is 19.3. The first-order valence-corrected chi connectivity index (χ1v) is 18.1. The van der Waals surface area contributed by atoms with Gasteiger partial charge in [-0.3, -0.25) is 9.59 Å². The topological polar surface area (TPSA) is 93.1 Å². The van der Waals surface area contributed by atoms with Gasteiger partial charge in [-0.1, -0.05) is 157 Å². The molecular formula is C40H66O6. The third kappa shape index (κ3) is 32.7. The van der Waals surface area contributed by atoms with Gasteiger partial charge in [0.2, 0.25) is 0 Å². The second-order valence-electron chi connectivity index (χ2n) is 11.8. The number of rotatable bonds is 31. The molecule has 0 bridgehead atoms. The van der Waals surface area contributed by atoms with Crippen LogP contribution in [-0.2, 0) is 19.1 Å². The van der Waals surface area contributed by atoms with Crippen LogP contribution in [0.2, 0.25) is 0 Å². The number of allylic oxidation sites excluding steroid dienone is 10. The lowest BCUT2D eigenvalue weighted by atomic mass is 10.0. The summed E-state index contributed by atoms with van der Waals surface area (Å²) in [5.41, 5.74) is 0. The van der Waals surface area contributed by atoms with Gasteiger partial charge >= 0.3 is 11.9 Å². The minimum Gasteiger partial charge on any atom is -0.462 e. The zero-order valence-corrected chi connectivity index (χ0v) is 29.2. The number of aliphatic hydroxyl groups excluding tert-OH is 2. The molecule has 0 spiro atoms. The van der Waals surface area contributed by atoms with Crippen LogP contribution in [0.3, 0.4) is 0 Å². The van der Waals surface area contributed by atoms with E-state index in [1.807, 2.05) is 30.4 Å². The van der Waals surface area contributed by atoms with Crippen molar-refractivity contribution in [1.82, 2.24) is 0 Å². The van der Waals surface area contributed by atoms with Gasteiger partial charge in [0.1, 0.15) is 6.61 Å². The van der Waals surface area contributed by atoms with Crippen LogP contribution in [0.25, 0.3) is 0 Å². The van der Waals surface area contributed by atoms with Crippen LogP contribution in [-0.4, -0.2) is 47.6 Å². The number of carbonyl (C=O) groups is 2. The van der Waals surface area contributed by atoms with Crippen LogP contribution in [0.1, 0.15) is 142 Å². The first-order chi connectivity index (χ1) is 22.5. The van der Waals surface area contributed by atoms with Crippen molar-refractivity contribution in [3.63, 3.8) is 0 Å². The Morgan fingerprint density at radius 1 is 0.630 bits per heavy atom. The van der Waals surface area contributed by atoms with E-state index in [1.54, 1.807) is 6.08 Å². The fourth-order valence-electron chi connectivity index (χ4n) is 4.60. The molecule has 262 valence electrons. The number of esters is 2. The van der Waals surface area contributed by atoms with E-state index in [4.69, 9.17) is 9.47 Å². The summed E-state index contributed by atoms with van der Waals surface area (Å²) in [6.07, 6.45) is 43.0. The van der Waals surface area contributed by atoms with Gasteiger partial charge in [-0.05, 0) is 44.9 Å². The van der Waals surface area contributed by atoms with E-state index in [0.717, 1.165) is 44.9 Å². The Hall–Kier alpha value is -2.70. The predicted octanol–water partition coefficient (Wildman–Crippen LogP) is 9.97. The third-order valence-electron chi connectivity index (χ3n) is 7.36. The third-order valence-corrected chi connectivity index (χ3v) is 7.36. The van der Waals surface area contributed by atoms with Crippen molar-refractivity contribution in [3.8, 4) is 0 Å². The Kier molecular flexibility index (Phi) is 33.1. The molecule has 0 aliphatic rings. The summed E-state index contributed by atoms with van der Waals surface area (Å²) >= 11 is 0. The molecule has 0 fully saturated rings. The number of carbonyl (C=O) groups excluding carboxylic acids is 2. The molecule has 0 aromatic heterocycles. The number of hydrogen-bond acceptors (Lipinski definition) is 6. The van der Waals surface area contributed by atoms with Gasteiger partial charge in [0.25, 0.3) is 0 Å². The van der Waals surface area contributed by atoms with Crippen LogP contribution in [0.15, 0.2) is 72.9 Å². The Labute approximate surface area is 281 Å². The number of aliphatic hydroxyl groups is 2. The van der Waals surface area contributed by atoms with E-state index >= 15 is 0 Å². The van der Waals surface area contributed by atoms with Crippen LogP contribution in [0.4, 0.5) is 0 Å². The zero-order valence-electron chi connectivity index (χ0n) is 29.2. The second-order valence-corrected chi connectivity index (χ2v) is 11.8. The SMILES string of the molecule is CC/C=C\CC(O)/C=C/C=C/C/C=C\C/C=C\C/C=C\CCC(=O)O[C@@H](CO)COC(=O)CCCCCCCCCCCCCC. The molecule has 0 saturated carbocycles. The Morgan fingerprint density at radius 2 is 1.20 bits per heavy atom. The Balaban J connectivity index is 3.80. The minimum absolute atomic E-state index is 0.108. The molecule has 0 rings (SSSR count). The van der Waals surface area contributed by atoms with E-state index in [1.165, 1.54) is 57.8 Å². The Morgan fingerprint density at radius 3 is 1.78 bits per heavy atom. The molecule has 0 aliphatic heterocycles. The second kappa shape index (κ2) is 35.2. The van der Waals surface area contributed by atoms with E-state index in [2.05, 4.69) is 50.3 Å². The van der Waals surface area contributed by atoms with E-state index in [0.29, 0.717) is 19.3 Å². The molecule has 2 N–H and O–H groups in total. The highest BCUT2D eigenvalue weighted by Gasteiger charge is 2.15. The summed E-state index contributed by atoms with van der Waals surface area (Å²) in [5.74, 6) is -0.716. The van der Waals surface area contributed by atoms with Crippen LogP contribution >= 0.6 is 0 Å². The maximum Gasteiger partial charge on any atom is 0.306 e. The van der Waals surface area contributed by atoms with Crippen LogP contribution < -0.4 is 0 Å². The molecule has 6 heteroatoms. The quantitative estimate of drug-likeness (QED) is 0.0338. The van der Waals surface area contributed by atoms with Crippen LogP contribution in [0, 0.1) is 0 Å². The highest BCUT2D eigenvalue weighted by molar-refractivity contribution is 5.70. The van der Waals surface area contributed by atoms with Crippen molar-refractivity contribution < 1.29 is 29.3 Å². The number of ether oxygens (including phenoxy) is 2. The highest BCUT2D eigenvalue weighted by atomic mass is 16.6. The predicted molar refractivity (Wildman–Crippen MR) is 192 cm³/mol. The molecule has 1 unspecified atom stereocenters. The van der Waals surface area contributed by atoms with Gasteiger partial charge in [0, 0.05) is 12.8 Å². The molecule has 2 atom stereocenters. The van der Waals surface area contributed by atoms with Gasteiger partial charge in [-0.2, -0.15) is 0 Å². The zero-order chi connectivity index (χ0) is 33.8. The van der Waals surface area contributed by atoms with E-state index in [-0.39, 0.29) is 25.6 Å². The van der Waals surface area contributed by atoms with Gasteiger partial charge in [0.05, 0.1) is 12.7 Å². The Bertz CT molecular complexity index is 882. The fraction of sp³-hybridized carbons (Fsp3) is 0.650. The molecule has 0 aromatic rings. The average molecular weight is 643 g/mol. The van der Waals surface area contributed by atoms with Crippen molar-refractivity contribution in [2.45, 2.75) is 154 Å². The first-order valence-electron chi connectivity index (χ1n) is 18.1. The molecular weight excluding hydrogens is 576 g/mol. The number of unbranched alkanes of at least 4 members (excludes halogenated alkanes) is 11. The molecule has 0 heterocycles. The molecule has 0 aliphatic carbocycles. The summed E-state index contributed by atoms with van der Waals surface area (Å²) < 4.78 is 10.5. The molecule has 0 saturated heterocycles. The summed E-state index contributed by atoms with van der Waals surface area (Å²) in [4.78, 5) is 24.1. The molecule has 0 radical (unpaired) electrons. The maximum absolute atomic E-state index is 12.1. The van der Waals surface area contributed by atoms with Crippen molar-refractivity contribution in [2.24, 2.45) is 0 Å². The lowest BCUT2D eigenvalue weighted by Gasteiger charge is -2.15. The molecule has 0 aromatic carbocycles. The fourth-order valence-corrected chi connectivity index (χ4v) is 4.60. The average Bonchev–Trinajstić information content (AvgIpc) is 3.05. The maximum atomic E-state index is 12.1. The minimum atomic E-state index is -0.823. The molecule has 0 amide bonds. The molecule has 6 nitrogen and oxygen atoms in total. The van der Waals surface area contributed by atoms with Gasteiger partial charge < -0.3 is 19.7 Å². The standard InChI is InChI=1S/C40H66O6/c1-3-5-7-8-9-10-11-16-19-22-25-29-33-39(43)45-36-38(35-41)46-40(44)34-30-26-23-20-17-14-12-13-15-18-21-24-28-32-37(42)31-27-6-4-2/h6,13-15,17,21,23-24,26-28,32,37-38,41-42H,3-5,7-12,16,18-20,22,25,29-31,33-36H2,1-2H3/b15-13-,17-14-,24-21+,26-23-,27-6-,32-28+/t37?,38-/m0/s1. The smallest absolute Gasteiger partial charge is 0.306 e. The largest absolute Gasteiger partial charge is 0.462 e. The number of hydrogen-bond donors (Lipinski definition) is 2. The normalized spacial score (nSPS) is 13.7. The van der Waals surface area contributed by atoms with Crippen molar-refractivity contribution in [2.75, 3.05) is 13.2 Å². The monoisotopic (exact) mass is 642 g/mol. The summed E-state index contributed by atoms with van der Waals surface area (Å²) in [6, 6.07) is 0. The lowest BCUT2D eigenvalue weighted by Crippen LogP contribution is -2.28. The lowest BCUT2D eigenvalue weighted by molar-refractivity contribution is -0.161. The molecule has 46 heavy (non-hydrogen) atoms. The highest BCUT2D eigenvalue weighted by Crippen LogP contribution is 2.13. The van der Waals surface area contributed by atoms with Crippen molar-refractivity contribution >= 4 is 11.9 Å².